The van der Waals surface area contributed by atoms with Gasteiger partial charge in [-0.15, -0.1) is 11.3 Å². The molecule has 0 aliphatic carbocycles. The number of thiazole rings is 1. The van der Waals surface area contributed by atoms with Gasteiger partial charge in [-0.25, -0.2) is 4.98 Å². The van der Waals surface area contributed by atoms with Gasteiger partial charge in [0.25, 0.3) is 5.91 Å². The number of nitrogens with one attached hydrogen (secondary N) is 1. The summed E-state index contributed by atoms with van der Waals surface area (Å²) in [5, 5.41) is 10.2. The molecule has 0 saturated heterocycles. The minimum atomic E-state index is -0.330. The number of carbonyl (C=O) groups is 1. The number of anilines is 1. The first-order valence-electron chi connectivity index (χ1n) is 9.37. The Morgan fingerprint density at radius 2 is 2.17 bits per heavy atom. The van der Waals surface area contributed by atoms with Crippen molar-refractivity contribution in [3.8, 4) is 11.3 Å². The number of hydrogen-bond donors (Lipinski definition) is 1. The van der Waals surface area contributed by atoms with E-state index in [-0.39, 0.29) is 17.5 Å². The molecule has 7 nitrogen and oxygen atoms in total. The molecule has 0 radical (unpaired) electrons. The first kappa shape index (κ1) is 19.4. The zero-order valence-corrected chi connectivity index (χ0v) is 17.3. The maximum absolute atomic E-state index is 12.4. The first-order valence-corrected chi connectivity index (χ1v) is 10.3. The molecule has 4 rings (SSSR count). The summed E-state index contributed by atoms with van der Waals surface area (Å²) >= 11 is 1.38. The van der Waals surface area contributed by atoms with Crippen LogP contribution in [0.2, 0.25) is 0 Å². The lowest BCUT2D eigenvalue weighted by Gasteiger charge is -2.03. The number of ether oxygens (including phenoxy) is 1. The third kappa shape index (κ3) is 3.94. The zero-order chi connectivity index (χ0) is 20.4. The summed E-state index contributed by atoms with van der Waals surface area (Å²) in [5.41, 5.74) is 3.22. The third-order valence-corrected chi connectivity index (χ3v) is 5.41. The number of methoxy groups -OCH3 is 1. The smallest absolute Gasteiger partial charge is 0.279 e. The predicted molar refractivity (Wildman–Crippen MR) is 113 cm³/mol. The molecular formula is C21H22N4O3S. The Kier molecular flexibility index (Phi) is 5.46. The largest absolute Gasteiger partial charge is 0.383 e. The zero-order valence-electron chi connectivity index (χ0n) is 16.5. The molecule has 29 heavy (non-hydrogen) atoms. The number of aromatic nitrogens is 3. The number of nitrogens with zero attached hydrogens (tertiary/aromatic N) is 3. The number of fused-ring (bicyclic) bond motifs is 1. The molecule has 3 aromatic heterocycles. The van der Waals surface area contributed by atoms with Crippen LogP contribution < -0.4 is 5.32 Å². The van der Waals surface area contributed by atoms with Crippen LogP contribution in [-0.4, -0.2) is 34.3 Å². The van der Waals surface area contributed by atoms with Gasteiger partial charge in [0.2, 0.25) is 0 Å². The SMILES string of the molecule is COCCn1cc(-c2csc(NC(=O)c3cc(C(C)C)on3)n2)c2ccccc21. The third-order valence-electron chi connectivity index (χ3n) is 4.66. The highest BCUT2D eigenvalue weighted by atomic mass is 32.1. The van der Waals surface area contributed by atoms with Crippen LogP contribution in [0.5, 0.6) is 0 Å². The molecule has 150 valence electrons. The van der Waals surface area contributed by atoms with Gasteiger partial charge in [-0.1, -0.05) is 37.2 Å². The summed E-state index contributed by atoms with van der Waals surface area (Å²) in [5.74, 6) is 0.522. The molecule has 3 heterocycles. The Hall–Kier alpha value is -2.97. The molecule has 0 bridgehead atoms. The molecule has 0 unspecified atom stereocenters. The summed E-state index contributed by atoms with van der Waals surface area (Å²) in [4.78, 5) is 17.1. The summed E-state index contributed by atoms with van der Waals surface area (Å²) in [7, 11) is 1.70. The number of benzene rings is 1. The van der Waals surface area contributed by atoms with E-state index < -0.39 is 0 Å². The molecule has 8 heteroatoms. The molecule has 1 N–H and O–H groups in total. The van der Waals surface area contributed by atoms with Crippen molar-refractivity contribution in [2.75, 3.05) is 19.0 Å². The van der Waals surface area contributed by atoms with E-state index >= 15 is 0 Å². The van der Waals surface area contributed by atoms with Crippen LogP contribution in [0.25, 0.3) is 22.2 Å². The summed E-state index contributed by atoms with van der Waals surface area (Å²) in [6.07, 6.45) is 2.08. The minimum Gasteiger partial charge on any atom is -0.383 e. The molecule has 0 saturated carbocycles. The fourth-order valence-electron chi connectivity index (χ4n) is 3.11. The lowest BCUT2D eigenvalue weighted by atomic mass is 10.1. The summed E-state index contributed by atoms with van der Waals surface area (Å²) in [6.45, 7) is 5.36. The van der Waals surface area contributed by atoms with Gasteiger partial charge in [0, 0.05) is 53.7 Å². The van der Waals surface area contributed by atoms with Crippen LogP contribution in [0.1, 0.15) is 36.0 Å². The minimum absolute atomic E-state index is 0.172. The Morgan fingerprint density at radius 1 is 1.34 bits per heavy atom. The lowest BCUT2D eigenvalue weighted by molar-refractivity contribution is 0.101. The monoisotopic (exact) mass is 410 g/mol. The van der Waals surface area contributed by atoms with Crippen LogP contribution >= 0.6 is 11.3 Å². The van der Waals surface area contributed by atoms with Crippen LogP contribution in [0.4, 0.5) is 5.13 Å². The molecule has 0 fully saturated rings. The van der Waals surface area contributed by atoms with Crippen LogP contribution in [0, 0.1) is 0 Å². The van der Waals surface area contributed by atoms with Crippen molar-refractivity contribution < 1.29 is 14.1 Å². The van der Waals surface area contributed by atoms with E-state index in [4.69, 9.17) is 9.26 Å². The van der Waals surface area contributed by atoms with E-state index in [0.29, 0.717) is 17.5 Å². The van der Waals surface area contributed by atoms with Gasteiger partial charge in [-0.05, 0) is 6.07 Å². The molecule has 1 amide bonds. The van der Waals surface area contributed by atoms with E-state index in [1.807, 2.05) is 31.4 Å². The van der Waals surface area contributed by atoms with E-state index in [0.717, 1.165) is 28.7 Å². The number of rotatable bonds is 7. The van der Waals surface area contributed by atoms with Gasteiger partial charge in [0.15, 0.2) is 10.8 Å². The number of hydrogen-bond acceptors (Lipinski definition) is 6. The normalized spacial score (nSPS) is 11.4. The maximum Gasteiger partial charge on any atom is 0.279 e. The average molecular weight is 410 g/mol. The predicted octanol–water partition coefficient (Wildman–Crippen LogP) is 4.77. The number of carbonyl (C=O) groups excluding carboxylic acids is 1. The number of amides is 1. The second-order valence-electron chi connectivity index (χ2n) is 7.01. The van der Waals surface area contributed by atoms with Gasteiger partial charge in [0.1, 0.15) is 5.76 Å². The molecule has 0 aliphatic rings. The fraction of sp³-hybridized carbons (Fsp3) is 0.286. The molecular weight excluding hydrogens is 388 g/mol. The van der Waals surface area contributed by atoms with Gasteiger partial charge in [0.05, 0.1) is 12.3 Å². The van der Waals surface area contributed by atoms with Crippen molar-refractivity contribution in [3.63, 3.8) is 0 Å². The Bertz CT molecular complexity index is 1140. The highest BCUT2D eigenvalue weighted by molar-refractivity contribution is 7.14. The lowest BCUT2D eigenvalue weighted by Crippen LogP contribution is -2.11. The molecule has 0 atom stereocenters. The van der Waals surface area contributed by atoms with Gasteiger partial charge in [-0.2, -0.15) is 0 Å². The van der Waals surface area contributed by atoms with Crippen LogP contribution in [0.3, 0.4) is 0 Å². The van der Waals surface area contributed by atoms with Gasteiger partial charge < -0.3 is 13.8 Å². The van der Waals surface area contributed by atoms with E-state index in [2.05, 4.69) is 38.4 Å². The highest BCUT2D eigenvalue weighted by Crippen LogP contribution is 2.32. The quantitative estimate of drug-likeness (QED) is 0.474. The summed E-state index contributed by atoms with van der Waals surface area (Å²) < 4.78 is 12.6. The molecule has 4 aromatic rings. The molecule has 0 aliphatic heterocycles. The topological polar surface area (TPSA) is 82.2 Å². The second kappa shape index (κ2) is 8.18. The fourth-order valence-corrected chi connectivity index (χ4v) is 3.82. The van der Waals surface area contributed by atoms with Crippen molar-refractivity contribution in [2.45, 2.75) is 26.3 Å². The summed E-state index contributed by atoms with van der Waals surface area (Å²) in [6, 6.07) is 9.86. The maximum atomic E-state index is 12.4. The Morgan fingerprint density at radius 3 is 2.93 bits per heavy atom. The first-order chi connectivity index (χ1) is 14.1. The van der Waals surface area contributed by atoms with Crippen molar-refractivity contribution in [1.82, 2.24) is 14.7 Å². The van der Waals surface area contributed by atoms with Crippen molar-refractivity contribution in [2.24, 2.45) is 0 Å². The number of para-hydroxylation sites is 1. The Balaban J connectivity index is 1.58. The second-order valence-corrected chi connectivity index (χ2v) is 7.87. The van der Waals surface area contributed by atoms with Crippen molar-refractivity contribution in [3.05, 3.63) is 53.4 Å². The van der Waals surface area contributed by atoms with Crippen LogP contribution in [-0.2, 0) is 11.3 Å². The van der Waals surface area contributed by atoms with Gasteiger partial charge >= 0.3 is 0 Å². The highest BCUT2D eigenvalue weighted by Gasteiger charge is 2.17. The van der Waals surface area contributed by atoms with Crippen molar-refractivity contribution in [1.29, 1.82) is 0 Å². The Labute approximate surface area is 172 Å². The van der Waals surface area contributed by atoms with E-state index in [1.165, 1.54) is 11.3 Å². The van der Waals surface area contributed by atoms with Crippen molar-refractivity contribution >= 4 is 33.3 Å². The van der Waals surface area contributed by atoms with E-state index in [9.17, 15) is 4.79 Å². The standard InChI is InChI=1S/C21H22N4O3S/c1-13(2)19-10-16(24-28-19)20(26)23-21-22-17(12-29-21)15-11-25(8-9-27-3)18-7-5-4-6-14(15)18/h4-7,10-13H,8-9H2,1-3H3,(H,22,23,26). The van der Waals surface area contributed by atoms with E-state index in [1.54, 1.807) is 13.2 Å². The average Bonchev–Trinajstić information content (AvgIpc) is 3.44. The van der Waals surface area contributed by atoms with Crippen LogP contribution in [0.15, 0.2) is 46.4 Å². The molecule has 1 aromatic carbocycles. The van der Waals surface area contributed by atoms with Gasteiger partial charge in [-0.3, -0.25) is 10.1 Å². The molecule has 0 spiro atoms.